The second-order valence-corrected chi connectivity index (χ2v) is 12.6. The first-order valence-corrected chi connectivity index (χ1v) is 17.0. The SMILES string of the molecule is COC(OC)C1CCC(OC2CCN(c3ccc(N)c(Nc4ccc(OCc5ccccc5)nc4OCc4ccccc4)c3)CC2)CC1. The Morgan fingerprint density at radius 2 is 1.35 bits per heavy atom. The van der Waals surface area contributed by atoms with Crippen molar-refractivity contribution in [1.82, 2.24) is 4.98 Å². The van der Waals surface area contributed by atoms with Crippen LogP contribution in [0.25, 0.3) is 0 Å². The number of aromatic nitrogens is 1. The maximum atomic E-state index is 6.58. The number of anilines is 4. The normalized spacial score (nSPS) is 18.5. The topological polar surface area (TPSA) is 100 Å². The molecule has 0 atom stereocenters. The third kappa shape index (κ3) is 8.98. The van der Waals surface area contributed by atoms with Crippen LogP contribution in [-0.2, 0) is 27.4 Å². The van der Waals surface area contributed by atoms with Crippen LogP contribution in [0, 0.1) is 5.92 Å². The number of methoxy groups -OCH3 is 2. The van der Waals surface area contributed by atoms with Crippen molar-refractivity contribution in [3.63, 3.8) is 0 Å². The minimum absolute atomic E-state index is 0.114. The zero-order valence-electron chi connectivity index (χ0n) is 28.1. The van der Waals surface area contributed by atoms with E-state index >= 15 is 0 Å². The molecule has 2 heterocycles. The van der Waals surface area contributed by atoms with Crippen LogP contribution >= 0.6 is 0 Å². The van der Waals surface area contributed by atoms with Crippen molar-refractivity contribution >= 4 is 22.7 Å². The number of nitrogen functional groups attached to an aromatic ring is 1. The van der Waals surface area contributed by atoms with Gasteiger partial charge in [0.05, 0.1) is 23.6 Å². The van der Waals surface area contributed by atoms with E-state index in [1.54, 1.807) is 14.2 Å². The highest BCUT2D eigenvalue weighted by Crippen LogP contribution is 2.36. The predicted octanol–water partition coefficient (Wildman–Crippen LogP) is 7.73. The molecule has 48 heavy (non-hydrogen) atoms. The highest BCUT2D eigenvalue weighted by Gasteiger charge is 2.30. The average Bonchev–Trinajstić information content (AvgIpc) is 3.14. The van der Waals surface area contributed by atoms with Crippen molar-refractivity contribution in [2.75, 3.05) is 43.3 Å². The smallest absolute Gasteiger partial charge is 0.241 e. The van der Waals surface area contributed by atoms with E-state index in [4.69, 9.17) is 34.4 Å². The van der Waals surface area contributed by atoms with Crippen LogP contribution in [0.4, 0.5) is 22.7 Å². The minimum Gasteiger partial charge on any atom is -0.473 e. The van der Waals surface area contributed by atoms with Gasteiger partial charge in [0.2, 0.25) is 11.8 Å². The molecule has 1 saturated heterocycles. The molecule has 6 rings (SSSR count). The summed E-state index contributed by atoms with van der Waals surface area (Å²) in [5.41, 5.74) is 11.9. The van der Waals surface area contributed by atoms with Crippen LogP contribution < -0.4 is 25.4 Å². The molecule has 2 fully saturated rings. The molecular weight excluding hydrogens is 604 g/mol. The zero-order chi connectivity index (χ0) is 33.1. The minimum atomic E-state index is -0.114. The first-order chi connectivity index (χ1) is 23.6. The highest BCUT2D eigenvalue weighted by molar-refractivity contribution is 5.78. The molecule has 4 aromatic rings. The van der Waals surface area contributed by atoms with Crippen molar-refractivity contribution in [2.24, 2.45) is 5.92 Å². The maximum Gasteiger partial charge on any atom is 0.241 e. The first kappa shape index (κ1) is 33.6. The summed E-state index contributed by atoms with van der Waals surface area (Å²) in [5, 5.41) is 3.50. The number of pyridine rings is 1. The molecule has 0 radical (unpaired) electrons. The summed E-state index contributed by atoms with van der Waals surface area (Å²) in [4.78, 5) is 7.15. The Kier molecular flexibility index (Phi) is 11.7. The predicted molar refractivity (Wildman–Crippen MR) is 190 cm³/mol. The summed E-state index contributed by atoms with van der Waals surface area (Å²) in [6.45, 7) is 2.65. The van der Waals surface area contributed by atoms with Crippen LogP contribution in [-0.4, -0.2) is 50.8 Å². The van der Waals surface area contributed by atoms with Gasteiger partial charge in [-0.25, -0.2) is 0 Å². The van der Waals surface area contributed by atoms with Crippen LogP contribution in [0.3, 0.4) is 0 Å². The number of nitrogens with zero attached hydrogens (tertiary/aromatic N) is 2. The number of benzene rings is 3. The number of hydrogen-bond acceptors (Lipinski definition) is 9. The number of nitrogens with one attached hydrogen (secondary N) is 1. The van der Waals surface area contributed by atoms with Crippen LogP contribution in [0.2, 0.25) is 0 Å². The lowest BCUT2D eigenvalue weighted by Crippen LogP contribution is -2.39. The molecule has 0 unspecified atom stereocenters. The van der Waals surface area contributed by atoms with Crippen LogP contribution in [0.15, 0.2) is 91.0 Å². The molecule has 2 aliphatic rings. The Labute approximate surface area is 284 Å². The molecule has 0 amide bonds. The van der Waals surface area contributed by atoms with Crippen molar-refractivity contribution < 1.29 is 23.7 Å². The summed E-state index contributed by atoms with van der Waals surface area (Å²) in [6.07, 6.45) is 6.77. The molecule has 0 spiro atoms. The lowest BCUT2D eigenvalue weighted by Gasteiger charge is -2.38. The Bertz CT molecular complexity index is 1550. The first-order valence-electron chi connectivity index (χ1n) is 17.0. The quantitative estimate of drug-likeness (QED) is 0.105. The number of ether oxygens (including phenoxy) is 5. The summed E-state index contributed by atoms with van der Waals surface area (Å²) in [7, 11) is 3.45. The van der Waals surface area contributed by atoms with Gasteiger partial charge in [-0.05, 0) is 73.9 Å². The molecule has 9 heteroatoms. The Morgan fingerprint density at radius 1 is 0.729 bits per heavy atom. The second-order valence-electron chi connectivity index (χ2n) is 12.6. The Balaban J connectivity index is 1.08. The largest absolute Gasteiger partial charge is 0.473 e. The van der Waals surface area contributed by atoms with Gasteiger partial charge in [0.1, 0.15) is 18.9 Å². The van der Waals surface area contributed by atoms with Crippen LogP contribution in [0.5, 0.6) is 11.8 Å². The molecule has 9 nitrogen and oxygen atoms in total. The third-order valence-corrected chi connectivity index (χ3v) is 9.35. The van der Waals surface area contributed by atoms with Gasteiger partial charge in [0.15, 0.2) is 6.29 Å². The van der Waals surface area contributed by atoms with E-state index in [-0.39, 0.29) is 12.4 Å². The van der Waals surface area contributed by atoms with Gasteiger partial charge in [0, 0.05) is 45.0 Å². The van der Waals surface area contributed by atoms with Gasteiger partial charge >= 0.3 is 0 Å². The van der Waals surface area contributed by atoms with Gasteiger partial charge < -0.3 is 39.6 Å². The molecule has 1 saturated carbocycles. The van der Waals surface area contributed by atoms with E-state index in [2.05, 4.69) is 22.3 Å². The monoisotopic (exact) mass is 652 g/mol. The number of piperidine rings is 1. The highest BCUT2D eigenvalue weighted by atomic mass is 16.7. The fraction of sp³-hybridized carbons (Fsp3) is 0.410. The van der Waals surface area contributed by atoms with Gasteiger partial charge in [-0.2, -0.15) is 4.98 Å². The fourth-order valence-electron chi connectivity index (χ4n) is 6.66. The van der Waals surface area contributed by atoms with Gasteiger partial charge in [-0.3, -0.25) is 0 Å². The standard InChI is InChI=1S/C39H48N4O5/c1-44-39(45-2)30-13-16-32(17-14-30)48-33-21-23-43(24-22-33)31-15-18-34(40)36(25-31)41-35-19-20-37(46-26-28-9-5-3-6-10-28)42-38(35)47-27-29-11-7-4-8-12-29/h3-12,15,18-20,25,30,32-33,39,41H,13-14,16-17,21-24,26-27,40H2,1-2H3. The summed E-state index contributed by atoms with van der Waals surface area (Å²) in [6, 6.07) is 30.0. The summed E-state index contributed by atoms with van der Waals surface area (Å²) in [5.74, 6) is 1.38. The number of rotatable bonds is 14. The van der Waals surface area contributed by atoms with Gasteiger partial charge in [-0.1, -0.05) is 60.7 Å². The van der Waals surface area contributed by atoms with E-state index in [1.165, 1.54) is 0 Å². The van der Waals surface area contributed by atoms with Gasteiger partial charge in [0.25, 0.3) is 0 Å². The molecule has 3 aromatic carbocycles. The molecule has 3 N–H and O–H groups in total. The van der Waals surface area contributed by atoms with Crippen LogP contribution in [0.1, 0.15) is 49.7 Å². The van der Waals surface area contributed by atoms with Crippen molar-refractivity contribution in [2.45, 2.75) is 70.2 Å². The second kappa shape index (κ2) is 16.7. The third-order valence-electron chi connectivity index (χ3n) is 9.35. The van der Waals surface area contributed by atoms with Crippen molar-refractivity contribution in [3.8, 4) is 11.8 Å². The number of nitrogens with two attached hydrogens (primary N) is 1. The molecular formula is C39H48N4O5. The molecule has 1 aliphatic carbocycles. The molecule has 254 valence electrons. The molecule has 0 bridgehead atoms. The maximum absolute atomic E-state index is 6.58. The van der Waals surface area contributed by atoms with Crippen molar-refractivity contribution in [3.05, 3.63) is 102 Å². The van der Waals surface area contributed by atoms with E-state index in [0.717, 1.165) is 74.1 Å². The van der Waals surface area contributed by atoms with E-state index < -0.39 is 0 Å². The van der Waals surface area contributed by atoms with Crippen molar-refractivity contribution in [1.29, 1.82) is 0 Å². The Morgan fingerprint density at radius 3 is 2.00 bits per heavy atom. The zero-order valence-corrected chi connectivity index (χ0v) is 28.1. The Hall–Kier alpha value is -4.31. The van der Waals surface area contributed by atoms with E-state index in [9.17, 15) is 0 Å². The lowest BCUT2D eigenvalue weighted by atomic mass is 9.86. The molecule has 1 aliphatic heterocycles. The lowest BCUT2D eigenvalue weighted by molar-refractivity contribution is -0.153. The molecule has 1 aromatic heterocycles. The fourth-order valence-corrected chi connectivity index (χ4v) is 6.66. The summed E-state index contributed by atoms with van der Waals surface area (Å²) >= 11 is 0. The summed E-state index contributed by atoms with van der Waals surface area (Å²) < 4.78 is 29.8. The van der Waals surface area contributed by atoms with E-state index in [1.807, 2.05) is 78.9 Å². The van der Waals surface area contributed by atoms with Gasteiger partial charge in [-0.15, -0.1) is 0 Å². The average molecular weight is 653 g/mol. The number of hydrogen-bond donors (Lipinski definition) is 2. The van der Waals surface area contributed by atoms with E-state index in [0.29, 0.717) is 48.4 Å².